The Morgan fingerprint density at radius 1 is 0.258 bits per heavy atom. The van der Waals surface area contributed by atoms with E-state index < -0.39 is 0 Å². The lowest BCUT2D eigenvalue weighted by Gasteiger charge is -1.94. The van der Waals surface area contributed by atoms with Gasteiger partial charge in [-0.25, -0.2) is 29.9 Å². The van der Waals surface area contributed by atoms with Crippen LogP contribution in [0, 0.1) is 228 Å². The van der Waals surface area contributed by atoms with Crippen LogP contribution in [0.2, 0.25) is 0 Å². The predicted octanol–water partition coefficient (Wildman–Crippen LogP) is 17.3. The Balaban J connectivity index is 0.000000512. The van der Waals surface area contributed by atoms with Crippen molar-refractivity contribution in [1.29, 1.82) is 0 Å². The van der Waals surface area contributed by atoms with E-state index in [1.54, 1.807) is 22.7 Å². The number of nitrogens with zero attached hydrogens (tertiary/aromatic N) is 16. The Bertz CT molecular complexity index is 3310. The fourth-order valence-corrected chi connectivity index (χ4v) is 9.63. The van der Waals surface area contributed by atoms with E-state index in [0.717, 1.165) is 109 Å². The number of thiazole rings is 2. The minimum atomic E-state index is 0.750. The molecule has 0 saturated heterocycles. The van der Waals surface area contributed by atoms with Crippen LogP contribution in [0.3, 0.4) is 0 Å². The molecule has 22 heteroatoms. The zero-order valence-corrected chi connectivity index (χ0v) is 65.7. The summed E-state index contributed by atoms with van der Waals surface area (Å²) in [5.41, 5.74) is 24.5. The molecule has 0 unspecified atom stereocenters. The lowest BCUT2D eigenvalue weighted by molar-refractivity contribution is 0.392. The summed E-state index contributed by atoms with van der Waals surface area (Å²) in [5.74, 6) is 7.35. The molecule has 0 aliphatic heterocycles. The lowest BCUT2D eigenvalue weighted by Crippen LogP contribution is -1.92. The first-order valence-corrected chi connectivity index (χ1v) is 32.7. The number of aryl methyl sites for hydroxylation is 26. The Morgan fingerprint density at radius 3 is 0.581 bits per heavy atom. The number of hydrogen-bond donors (Lipinski definition) is 0. The minimum Gasteiger partial charge on any atom is -0.446 e. The Morgan fingerprint density at radius 2 is 0.527 bits per heavy atom. The fraction of sp³-hybridized carbons (Fsp3) is 0.535. The van der Waals surface area contributed by atoms with Crippen LogP contribution < -0.4 is 0 Å². The van der Waals surface area contributed by atoms with Gasteiger partial charge in [0.15, 0.2) is 11.8 Å². The Hall–Kier alpha value is -7.85. The minimum absolute atomic E-state index is 0.750. The van der Waals surface area contributed by atoms with Gasteiger partial charge in [0.25, 0.3) is 0 Å². The summed E-state index contributed by atoms with van der Waals surface area (Å²) in [6.07, 6.45) is 0. The topological polar surface area (TPSA) is 219 Å². The van der Waals surface area contributed by atoms with E-state index in [4.69, 9.17) is 17.9 Å². The highest BCUT2D eigenvalue weighted by Crippen LogP contribution is 2.17. The second-order valence-electron chi connectivity index (χ2n) is 23.4. The number of aromatic nitrogens is 16. The highest BCUT2D eigenvalue weighted by Gasteiger charge is 2.07. The molecule has 11 aromatic heterocycles. The molecular weight excluding hydrogens is 1210 g/mol. The Kier molecular flexibility index (Phi) is 34.3. The van der Waals surface area contributed by atoms with E-state index in [1.807, 2.05) is 209 Å². The van der Waals surface area contributed by atoms with Gasteiger partial charge in [-0.2, -0.15) is 15.3 Å². The molecule has 0 radical (unpaired) electrons. The van der Waals surface area contributed by atoms with Crippen molar-refractivity contribution in [2.24, 2.45) is 35.2 Å². The number of oxazole rings is 2. The summed E-state index contributed by atoms with van der Waals surface area (Å²) < 4.78 is 29.8. The summed E-state index contributed by atoms with van der Waals surface area (Å²) >= 11 is 3.52. The smallest absolute Gasteiger partial charge is 0.191 e. The number of rotatable bonds is 0. The first kappa shape index (κ1) is 83.2. The average Bonchev–Trinajstić information content (AvgIpc) is 1.88. The zero-order valence-electron chi connectivity index (χ0n) is 64.1. The van der Waals surface area contributed by atoms with Crippen molar-refractivity contribution in [3.63, 3.8) is 0 Å². The summed E-state index contributed by atoms with van der Waals surface area (Å²) in [4.78, 5) is 27.8. The summed E-state index contributed by atoms with van der Waals surface area (Å²) in [6.45, 7) is 66.3. The monoisotopic (exact) mass is 1320 g/mol. The van der Waals surface area contributed by atoms with Crippen molar-refractivity contribution >= 4 is 22.7 Å². The van der Waals surface area contributed by atoms with Crippen molar-refractivity contribution in [1.82, 2.24) is 78.7 Å². The lowest BCUT2D eigenvalue weighted by atomic mass is 10.2. The third-order valence-electron chi connectivity index (χ3n) is 16.6. The molecule has 0 aliphatic carbocycles. The Labute approximate surface area is 565 Å². The van der Waals surface area contributed by atoms with E-state index in [9.17, 15) is 0 Å². The molecule has 0 spiro atoms. The molecule has 0 aliphatic rings. The van der Waals surface area contributed by atoms with Crippen LogP contribution in [-0.2, 0) is 35.2 Å². The molecule has 0 saturated carbocycles. The van der Waals surface area contributed by atoms with Crippen molar-refractivity contribution in [2.75, 3.05) is 0 Å². The van der Waals surface area contributed by atoms with Crippen LogP contribution in [0.4, 0.5) is 0 Å². The molecule has 0 bridgehead atoms. The maximum atomic E-state index is 5.10. The second kappa shape index (κ2) is 38.4. The van der Waals surface area contributed by atoms with Crippen LogP contribution in [0.25, 0.3) is 0 Å². The SMILES string of the molecule is Cc1nc(C)c(C)o1.Cc1nc(C)c(C)o1.Cc1nc(C)c(C)s1.Cc1nc(C)c(C)s1.Cc1nc(C)n(C)c1C.Cc1nc(C)n(C)c1C.Cc1nn(C)c(C)c1C.Cc1nn(C)c(C)c1C.Cc1nn(C)c(C)c1C.Cc1noc(C)c1C.Cc1noc(C)c1C. The molecular formula is C71H114N16O4S2. The molecule has 0 fully saturated rings. The van der Waals surface area contributed by atoms with E-state index in [0.29, 0.717) is 0 Å². The van der Waals surface area contributed by atoms with E-state index in [-0.39, 0.29) is 0 Å². The zero-order chi connectivity index (χ0) is 72.0. The molecule has 0 amide bonds. The first-order valence-electron chi connectivity index (χ1n) is 31.1. The van der Waals surface area contributed by atoms with Crippen LogP contribution in [0.5, 0.6) is 0 Å². The van der Waals surface area contributed by atoms with E-state index in [2.05, 4.69) is 134 Å². The summed E-state index contributed by atoms with van der Waals surface area (Å²) in [6, 6.07) is 0. The summed E-state index contributed by atoms with van der Waals surface area (Å²) in [5, 5.41) is 22.5. The summed E-state index contributed by atoms with van der Waals surface area (Å²) in [7, 11) is 9.97. The highest BCUT2D eigenvalue weighted by molar-refractivity contribution is 7.11. The van der Waals surface area contributed by atoms with Crippen LogP contribution in [0.15, 0.2) is 17.9 Å². The van der Waals surface area contributed by atoms with E-state index >= 15 is 0 Å². The molecule has 11 aromatic rings. The van der Waals surface area contributed by atoms with Gasteiger partial charge in [0.05, 0.1) is 72.6 Å². The highest BCUT2D eigenvalue weighted by atomic mass is 32.1. The van der Waals surface area contributed by atoms with E-state index in [1.165, 1.54) is 76.3 Å². The van der Waals surface area contributed by atoms with Crippen molar-refractivity contribution in [3.8, 4) is 0 Å². The molecule has 0 N–H and O–H groups in total. The van der Waals surface area contributed by atoms with Gasteiger partial charge in [0.2, 0.25) is 0 Å². The third kappa shape index (κ3) is 26.6. The van der Waals surface area contributed by atoms with Crippen molar-refractivity contribution < 1.29 is 17.9 Å². The molecule has 11 heterocycles. The normalized spacial score (nSPS) is 10.0. The average molecular weight is 1320 g/mol. The first-order chi connectivity index (χ1) is 42.9. The van der Waals surface area contributed by atoms with Gasteiger partial charge in [-0.1, -0.05) is 10.3 Å². The third-order valence-corrected chi connectivity index (χ3v) is 18.6. The molecule has 514 valence electrons. The molecule has 93 heavy (non-hydrogen) atoms. The van der Waals surface area contributed by atoms with Gasteiger partial charge < -0.3 is 27.0 Å². The fourth-order valence-electron chi connectivity index (χ4n) is 8.00. The van der Waals surface area contributed by atoms with Crippen molar-refractivity contribution in [3.05, 3.63) is 185 Å². The van der Waals surface area contributed by atoms with Gasteiger partial charge in [0, 0.05) is 98.4 Å². The van der Waals surface area contributed by atoms with Gasteiger partial charge in [-0.05, 0) is 231 Å². The van der Waals surface area contributed by atoms with Gasteiger partial charge in [0.1, 0.15) is 34.7 Å². The quantitative estimate of drug-likeness (QED) is 0.138. The van der Waals surface area contributed by atoms with Gasteiger partial charge in [-0.3, -0.25) is 14.0 Å². The van der Waals surface area contributed by atoms with Gasteiger partial charge in [-0.15, -0.1) is 22.7 Å². The second-order valence-corrected chi connectivity index (χ2v) is 26.2. The van der Waals surface area contributed by atoms with Crippen LogP contribution >= 0.6 is 22.7 Å². The standard InChI is InChI=1S/5C7H12N2.4C6H9NO.2C6H9NS/c2*1-5-6(2)9(4)7(3)8-5;3*1-5-6(2)8-9(4)7(5)3;2*1-4-5(2)8-6(3)7-4;2*1-4-5(2)7-8-6(4)3;2*1-4-5(2)8-6(3)7-4/h5*1-4H3;6*1-3H3. The number of imidazole rings is 2. The number of hydrogen-bond acceptors (Lipinski definition) is 17. The van der Waals surface area contributed by atoms with Crippen molar-refractivity contribution in [2.45, 2.75) is 228 Å². The van der Waals surface area contributed by atoms with Crippen LogP contribution in [-0.4, -0.2) is 78.7 Å². The van der Waals surface area contributed by atoms with Gasteiger partial charge >= 0.3 is 0 Å². The molecule has 0 atom stereocenters. The maximum absolute atomic E-state index is 5.10. The predicted molar refractivity (Wildman–Crippen MR) is 383 cm³/mol. The largest absolute Gasteiger partial charge is 0.446 e. The molecule has 11 rings (SSSR count). The molecule has 20 nitrogen and oxygen atoms in total. The van der Waals surface area contributed by atoms with Crippen LogP contribution in [0.1, 0.15) is 185 Å². The molecule has 0 aromatic carbocycles. The maximum Gasteiger partial charge on any atom is 0.191 e.